The second-order valence-electron chi connectivity index (χ2n) is 9.70. The Balaban J connectivity index is 1.10. The summed E-state index contributed by atoms with van der Waals surface area (Å²) < 4.78 is 0. The molecule has 0 bridgehead atoms. The number of amidine groups is 1. The van der Waals surface area contributed by atoms with E-state index >= 15 is 0 Å². The van der Waals surface area contributed by atoms with Crippen molar-refractivity contribution >= 4 is 23.3 Å². The fraction of sp³-hybridized carbons (Fsp3) is 0.156. The Hall–Kier alpha value is -5.11. The zero-order valence-electron chi connectivity index (χ0n) is 21.8. The van der Waals surface area contributed by atoms with E-state index < -0.39 is 4.92 Å². The van der Waals surface area contributed by atoms with Crippen molar-refractivity contribution in [1.82, 2.24) is 4.90 Å². The molecule has 0 aromatic heterocycles. The number of hydrogen-bond donors (Lipinski definition) is 1. The molecule has 1 heterocycles. The smallest absolute Gasteiger partial charge is 0.269 e. The van der Waals surface area contributed by atoms with Gasteiger partial charge in [0.2, 0.25) is 0 Å². The highest BCUT2D eigenvalue weighted by molar-refractivity contribution is 6.21. The second-order valence-corrected chi connectivity index (χ2v) is 9.70. The Kier molecular flexibility index (Phi) is 7.77. The van der Waals surface area contributed by atoms with E-state index in [2.05, 4.69) is 4.99 Å². The third-order valence-electron chi connectivity index (χ3n) is 7.02. The van der Waals surface area contributed by atoms with Crippen LogP contribution in [0, 0.1) is 10.1 Å². The van der Waals surface area contributed by atoms with Gasteiger partial charge in [-0.25, -0.2) is 0 Å². The fourth-order valence-corrected chi connectivity index (χ4v) is 4.69. The SMILES string of the molecule is NC(=NCCc1ccc([N+](=O)[O-])cc1)c1ccc(CCc2ccc(CN3C(=O)c4ccccc4C3=O)cc2)cc1. The average Bonchev–Trinajstić information content (AvgIpc) is 3.22. The number of rotatable bonds is 10. The van der Waals surface area contributed by atoms with Gasteiger partial charge in [-0.1, -0.05) is 72.8 Å². The summed E-state index contributed by atoms with van der Waals surface area (Å²) in [5, 5.41) is 10.8. The molecule has 5 rings (SSSR count). The zero-order chi connectivity index (χ0) is 28.1. The zero-order valence-corrected chi connectivity index (χ0v) is 21.8. The maximum Gasteiger partial charge on any atom is 0.269 e. The molecule has 0 aliphatic carbocycles. The summed E-state index contributed by atoms with van der Waals surface area (Å²) in [5.74, 6) is -0.0336. The monoisotopic (exact) mass is 532 g/mol. The molecule has 0 spiro atoms. The number of carbonyl (C=O) groups excluding carboxylic acids is 2. The molecule has 0 radical (unpaired) electrons. The molecule has 0 unspecified atom stereocenters. The summed E-state index contributed by atoms with van der Waals surface area (Å²) in [6, 6.07) is 29.4. The number of imide groups is 1. The largest absolute Gasteiger partial charge is 0.384 e. The van der Waals surface area contributed by atoms with Crippen molar-refractivity contribution in [1.29, 1.82) is 0 Å². The second kappa shape index (κ2) is 11.7. The van der Waals surface area contributed by atoms with E-state index in [1.165, 1.54) is 28.2 Å². The Bertz CT molecular complexity index is 1540. The van der Waals surface area contributed by atoms with Crippen LogP contribution in [0.3, 0.4) is 0 Å². The number of amides is 2. The van der Waals surface area contributed by atoms with Gasteiger partial charge in [0, 0.05) is 24.2 Å². The first-order valence-corrected chi connectivity index (χ1v) is 13.0. The molecule has 200 valence electrons. The predicted octanol–water partition coefficient (Wildman–Crippen LogP) is 5.12. The fourth-order valence-electron chi connectivity index (χ4n) is 4.69. The van der Waals surface area contributed by atoms with Crippen molar-refractivity contribution in [3.63, 3.8) is 0 Å². The van der Waals surface area contributed by atoms with E-state index in [1.54, 1.807) is 36.4 Å². The molecule has 40 heavy (non-hydrogen) atoms. The lowest BCUT2D eigenvalue weighted by Crippen LogP contribution is -2.29. The number of carbonyl (C=O) groups is 2. The number of hydrogen-bond acceptors (Lipinski definition) is 5. The van der Waals surface area contributed by atoms with Crippen LogP contribution in [0.5, 0.6) is 0 Å². The molecule has 8 heteroatoms. The lowest BCUT2D eigenvalue weighted by Gasteiger charge is -2.14. The third kappa shape index (κ3) is 5.96. The summed E-state index contributed by atoms with van der Waals surface area (Å²) in [6.07, 6.45) is 2.36. The van der Waals surface area contributed by atoms with Crippen molar-refractivity contribution in [2.75, 3.05) is 6.54 Å². The van der Waals surface area contributed by atoms with Gasteiger partial charge in [0.1, 0.15) is 5.84 Å². The summed E-state index contributed by atoms with van der Waals surface area (Å²) in [5.41, 5.74) is 12.2. The highest BCUT2D eigenvalue weighted by atomic mass is 16.6. The normalized spacial score (nSPS) is 13.0. The number of nitrogens with two attached hydrogens (primary N) is 1. The Morgan fingerprint density at radius 2 is 1.18 bits per heavy atom. The Morgan fingerprint density at radius 1 is 0.700 bits per heavy atom. The summed E-state index contributed by atoms with van der Waals surface area (Å²) in [7, 11) is 0. The lowest BCUT2D eigenvalue weighted by atomic mass is 10.0. The van der Waals surface area contributed by atoms with Crippen LogP contribution in [-0.2, 0) is 25.8 Å². The number of fused-ring (bicyclic) bond motifs is 1. The number of benzene rings is 4. The van der Waals surface area contributed by atoms with Crippen LogP contribution >= 0.6 is 0 Å². The summed E-state index contributed by atoms with van der Waals surface area (Å²) >= 11 is 0. The molecule has 4 aromatic carbocycles. The van der Waals surface area contributed by atoms with Crippen LogP contribution in [-0.4, -0.2) is 34.0 Å². The highest BCUT2D eigenvalue weighted by Gasteiger charge is 2.34. The van der Waals surface area contributed by atoms with E-state index in [1.807, 2.05) is 48.5 Å². The topological polar surface area (TPSA) is 119 Å². The number of nitro groups is 1. The molecule has 1 aliphatic heterocycles. The van der Waals surface area contributed by atoms with Gasteiger partial charge in [-0.05, 0) is 53.6 Å². The van der Waals surface area contributed by atoms with Crippen LogP contribution < -0.4 is 5.73 Å². The summed E-state index contributed by atoms with van der Waals surface area (Å²) in [6.45, 7) is 0.749. The molecule has 1 aliphatic rings. The first kappa shape index (κ1) is 26.5. The molecule has 4 aromatic rings. The average molecular weight is 533 g/mol. The van der Waals surface area contributed by atoms with Gasteiger partial charge in [-0.15, -0.1) is 0 Å². The van der Waals surface area contributed by atoms with Crippen molar-refractivity contribution in [3.8, 4) is 0 Å². The minimum absolute atomic E-state index is 0.0726. The first-order chi connectivity index (χ1) is 19.4. The van der Waals surface area contributed by atoms with Crippen LogP contribution in [0.15, 0.2) is 102 Å². The number of nitrogens with zero attached hydrogens (tertiary/aromatic N) is 3. The van der Waals surface area contributed by atoms with Crippen LogP contribution in [0.1, 0.15) is 48.5 Å². The Morgan fingerprint density at radius 3 is 1.73 bits per heavy atom. The quantitative estimate of drug-likeness (QED) is 0.0999. The summed E-state index contributed by atoms with van der Waals surface area (Å²) in [4.78, 5) is 41.3. The Labute approximate surface area is 231 Å². The molecular weight excluding hydrogens is 504 g/mol. The number of aliphatic imine (C=N–C) groups is 1. The maximum atomic E-state index is 12.6. The van der Waals surface area contributed by atoms with Gasteiger partial charge in [0.25, 0.3) is 17.5 Å². The van der Waals surface area contributed by atoms with E-state index in [4.69, 9.17) is 5.73 Å². The van der Waals surface area contributed by atoms with Crippen LogP contribution in [0.4, 0.5) is 5.69 Å². The number of non-ortho nitro benzene ring substituents is 1. The van der Waals surface area contributed by atoms with Crippen molar-refractivity contribution < 1.29 is 14.5 Å². The first-order valence-electron chi connectivity index (χ1n) is 13.0. The molecule has 8 nitrogen and oxygen atoms in total. The van der Waals surface area contributed by atoms with Gasteiger partial charge in [-0.2, -0.15) is 0 Å². The van der Waals surface area contributed by atoms with Gasteiger partial charge >= 0.3 is 0 Å². The molecule has 0 saturated carbocycles. The van der Waals surface area contributed by atoms with E-state index in [0.717, 1.165) is 29.5 Å². The molecule has 2 amide bonds. The third-order valence-corrected chi connectivity index (χ3v) is 7.02. The van der Waals surface area contributed by atoms with Crippen molar-refractivity contribution in [2.45, 2.75) is 25.8 Å². The van der Waals surface area contributed by atoms with Crippen molar-refractivity contribution in [2.24, 2.45) is 10.7 Å². The maximum absolute atomic E-state index is 12.6. The van der Waals surface area contributed by atoms with E-state index in [-0.39, 0.29) is 24.0 Å². The van der Waals surface area contributed by atoms with Gasteiger partial charge < -0.3 is 5.73 Å². The molecule has 2 N–H and O–H groups in total. The molecular formula is C32H28N4O4. The molecule has 0 saturated heterocycles. The van der Waals surface area contributed by atoms with Crippen molar-refractivity contribution in [3.05, 3.63) is 146 Å². The van der Waals surface area contributed by atoms with Crippen LogP contribution in [0.2, 0.25) is 0 Å². The predicted molar refractivity (Wildman–Crippen MR) is 153 cm³/mol. The highest BCUT2D eigenvalue weighted by Crippen LogP contribution is 2.24. The lowest BCUT2D eigenvalue weighted by molar-refractivity contribution is -0.384. The number of nitro benzene ring substituents is 1. The van der Waals surface area contributed by atoms with E-state index in [0.29, 0.717) is 29.9 Å². The van der Waals surface area contributed by atoms with Gasteiger partial charge in [-0.3, -0.25) is 29.6 Å². The van der Waals surface area contributed by atoms with Gasteiger partial charge in [0.05, 0.1) is 22.6 Å². The molecule has 0 fully saturated rings. The van der Waals surface area contributed by atoms with Crippen LogP contribution in [0.25, 0.3) is 0 Å². The minimum Gasteiger partial charge on any atom is -0.384 e. The standard InChI is InChI=1S/C32H28N4O4/c33-30(34-20-19-24-13-17-27(18-14-24)36(39)40)26-15-11-23(12-16-26)6-5-22-7-9-25(10-8-22)21-35-31(37)28-3-1-2-4-29(28)32(35)38/h1-4,7-18H,5-6,19-21H2,(H2,33,34). The minimum atomic E-state index is -0.413. The van der Waals surface area contributed by atoms with E-state index in [9.17, 15) is 19.7 Å². The van der Waals surface area contributed by atoms with Gasteiger partial charge in [0.15, 0.2) is 0 Å². The molecule has 0 atom stereocenters. The number of aryl methyl sites for hydroxylation is 2.